The van der Waals surface area contributed by atoms with Crippen LogP contribution >= 0.6 is 0 Å². The Labute approximate surface area is 103 Å². The average Bonchev–Trinajstić information content (AvgIpc) is 2.71. The number of nitro groups is 1. The van der Waals surface area contributed by atoms with Crippen LogP contribution in [0.1, 0.15) is 6.92 Å². The van der Waals surface area contributed by atoms with Gasteiger partial charge in [-0.05, 0) is 12.0 Å². The van der Waals surface area contributed by atoms with Gasteiger partial charge in [0.15, 0.2) is 0 Å². The summed E-state index contributed by atoms with van der Waals surface area (Å²) in [7, 11) is 0. The Kier molecular flexibility index (Phi) is 3.14. The van der Waals surface area contributed by atoms with Crippen molar-refractivity contribution in [1.82, 2.24) is 4.98 Å². The third-order valence-corrected chi connectivity index (χ3v) is 3.19. The molecule has 1 aliphatic heterocycles. The molecule has 1 aromatic rings. The standard InChI is InChI=1S/C11H13N3O4/c1-7-5-13(6-8(7)11(15)16)10-9(14(17)18)3-2-4-12-10/h2-4,7-8H,5-6H2,1H3,(H,15,16)/t7-,8-/m1/s1. The van der Waals surface area contributed by atoms with Gasteiger partial charge in [-0.3, -0.25) is 14.9 Å². The van der Waals surface area contributed by atoms with E-state index in [-0.39, 0.29) is 24.0 Å². The van der Waals surface area contributed by atoms with Crippen LogP contribution in [0.4, 0.5) is 11.5 Å². The van der Waals surface area contributed by atoms with Crippen molar-refractivity contribution in [2.75, 3.05) is 18.0 Å². The molecule has 1 saturated heterocycles. The number of carboxylic acid groups (broad SMARTS) is 1. The summed E-state index contributed by atoms with van der Waals surface area (Å²) in [6, 6.07) is 2.87. The van der Waals surface area contributed by atoms with E-state index in [9.17, 15) is 14.9 Å². The predicted octanol–water partition coefficient (Wildman–Crippen LogP) is 1.15. The maximum Gasteiger partial charge on any atom is 0.311 e. The van der Waals surface area contributed by atoms with Crippen LogP contribution in [-0.2, 0) is 4.79 Å². The topological polar surface area (TPSA) is 96.6 Å². The Morgan fingerprint density at radius 2 is 2.33 bits per heavy atom. The van der Waals surface area contributed by atoms with Crippen molar-refractivity contribution in [3.63, 3.8) is 0 Å². The van der Waals surface area contributed by atoms with Crippen molar-refractivity contribution in [3.05, 3.63) is 28.4 Å². The summed E-state index contributed by atoms with van der Waals surface area (Å²) in [5, 5.41) is 19.9. The van der Waals surface area contributed by atoms with Gasteiger partial charge in [0.2, 0.25) is 5.82 Å². The summed E-state index contributed by atoms with van der Waals surface area (Å²) < 4.78 is 0. The van der Waals surface area contributed by atoms with Gasteiger partial charge in [-0.25, -0.2) is 4.98 Å². The largest absolute Gasteiger partial charge is 0.481 e. The zero-order chi connectivity index (χ0) is 13.3. The second-order valence-electron chi connectivity index (χ2n) is 4.43. The maximum atomic E-state index is 11.0. The van der Waals surface area contributed by atoms with E-state index >= 15 is 0 Å². The van der Waals surface area contributed by atoms with E-state index in [4.69, 9.17) is 5.11 Å². The van der Waals surface area contributed by atoms with Crippen LogP contribution < -0.4 is 4.90 Å². The Bertz CT molecular complexity index is 491. The number of hydrogen-bond donors (Lipinski definition) is 1. The lowest BCUT2D eigenvalue weighted by atomic mass is 9.99. The highest BCUT2D eigenvalue weighted by atomic mass is 16.6. The number of carbonyl (C=O) groups is 1. The van der Waals surface area contributed by atoms with Crippen LogP contribution in [0.5, 0.6) is 0 Å². The highest BCUT2D eigenvalue weighted by Crippen LogP contribution is 2.32. The summed E-state index contributed by atoms with van der Waals surface area (Å²) in [5.41, 5.74) is -0.0873. The first-order chi connectivity index (χ1) is 8.50. The molecule has 7 heteroatoms. The molecule has 2 rings (SSSR count). The molecule has 2 atom stereocenters. The van der Waals surface area contributed by atoms with Gasteiger partial charge in [-0.15, -0.1) is 0 Å². The number of hydrogen-bond acceptors (Lipinski definition) is 5. The Hall–Kier alpha value is -2.18. The first-order valence-electron chi connectivity index (χ1n) is 5.58. The van der Waals surface area contributed by atoms with E-state index in [1.165, 1.54) is 18.3 Å². The number of pyridine rings is 1. The van der Waals surface area contributed by atoms with Crippen LogP contribution in [-0.4, -0.2) is 34.1 Å². The van der Waals surface area contributed by atoms with Crippen molar-refractivity contribution in [2.24, 2.45) is 11.8 Å². The molecule has 18 heavy (non-hydrogen) atoms. The summed E-state index contributed by atoms with van der Waals surface area (Å²) in [6.45, 7) is 2.55. The van der Waals surface area contributed by atoms with Crippen LogP contribution in [0.3, 0.4) is 0 Å². The van der Waals surface area contributed by atoms with E-state index in [2.05, 4.69) is 4.98 Å². The molecule has 0 amide bonds. The molecular weight excluding hydrogens is 238 g/mol. The van der Waals surface area contributed by atoms with Crippen molar-refractivity contribution in [3.8, 4) is 0 Å². The van der Waals surface area contributed by atoms with Crippen LogP contribution in [0.25, 0.3) is 0 Å². The molecule has 0 radical (unpaired) electrons. The minimum atomic E-state index is -0.872. The van der Waals surface area contributed by atoms with E-state index in [1.54, 1.807) is 4.90 Å². The van der Waals surface area contributed by atoms with E-state index in [0.717, 1.165) is 0 Å². The zero-order valence-corrected chi connectivity index (χ0v) is 9.81. The highest BCUT2D eigenvalue weighted by molar-refractivity contribution is 5.73. The van der Waals surface area contributed by atoms with Gasteiger partial charge in [0.05, 0.1) is 10.8 Å². The number of carboxylic acids is 1. The van der Waals surface area contributed by atoms with E-state index in [0.29, 0.717) is 6.54 Å². The zero-order valence-electron chi connectivity index (χ0n) is 9.81. The van der Waals surface area contributed by atoms with Crippen molar-refractivity contribution >= 4 is 17.5 Å². The van der Waals surface area contributed by atoms with Gasteiger partial charge in [-0.1, -0.05) is 6.92 Å². The molecule has 0 unspecified atom stereocenters. The lowest BCUT2D eigenvalue weighted by molar-refractivity contribution is -0.384. The number of aromatic nitrogens is 1. The van der Waals surface area contributed by atoms with Gasteiger partial charge in [-0.2, -0.15) is 0 Å². The van der Waals surface area contributed by atoms with E-state index in [1.807, 2.05) is 6.92 Å². The number of rotatable bonds is 3. The molecule has 1 aliphatic rings. The molecule has 1 N–H and O–H groups in total. The Balaban J connectivity index is 2.29. The monoisotopic (exact) mass is 251 g/mol. The minimum Gasteiger partial charge on any atom is -0.481 e. The molecule has 1 aromatic heterocycles. The Morgan fingerprint density at radius 1 is 1.61 bits per heavy atom. The molecule has 0 bridgehead atoms. The number of nitrogens with zero attached hydrogens (tertiary/aromatic N) is 3. The second-order valence-corrected chi connectivity index (χ2v) is 4.43. The van der Waals surface area contributed by atoms with Crippen molar-refractivity contribution in [2.45, 2.75) is 6.92 Å². The van der Waals surface area contributed by atoms with Gasteiger partial charge < -0.3 is 10.0 Å². The molecular formula is C11H13N3O4. The SMILES string of the molecule is C[C@@H]1CN(c2ncccc2[N+](=O)[O-])C[C@H]1C(=O)O. The fraction of sp³-hybridized carbons (Fsp3) is 0.455. The van der Waals surface area contributed by atoms with Crippen LogP contribution in [0.2, 0.25) is 0 Å². The molecule has 0 aromatic carbocycles. The molecule has 7 nitrogen and oxygen atoms in total. The van der Waals surface area contributed by atoms with Crippen LogP contribution in [0, 0.1) is 22.0 Å². The second kappa shape index (κ2) is 4.59. The Morgan fingerprint density at radius 3 is 2.89 bits per heavy atom. The van der Waals surface area contributed by atoms with Gasteiger partial charge in [0.1, 0.15) is 0 Å². The summed E-state index contributed by atoms with van der Waals surface area (Å²) in [5.74, 6) is -1.18. The maximum absolute atomic E-state index is 11.0. The third-order valence-electron chi connectivity index (χ3n) is 3.19. The van der Waals surface area contributed by atoms with Crippen LogP contribution in [0.15, 0.2) is 18.3 Å². The third kappa shape index (κ3) is 2.11. The highest BCUT2D eigenvalue weighted by Gasteiger charge is 2.37. The molecule has 0 spiro atoms. The smallest absolute Gasteiger partial charge is 0.311 e. The summed E-state index contributed by atoms with van der Waals surface area (Å²) >= 11 is 0. The fourth-order valence-electron chi connectivity index (χ4n) is 2.24. The average molecular weight is 251 g/mol. The van der Waals surface area contributed by atoms with Crippen molar-refractivity contribution < 1.29 is 14.8 Å². The first kappa shape index (κ1) is 12.3. The summed E-state index contributed by atoms with van der Waals surface area (Å²) in [4.78, 5) is 27.1. The van der Waals surface area contributed by atoms with Gasteiger partial charge in [0, 0.05) is 25.4 Å². The molecule has 1 fully saturated rings. The van der Waals surface area contributed by atoms with Gasteiger partial charge >= 0.3 is 11.7 Å². The lowest BCUT2D eigenvalue weighted by Crippen LogP contribution is -2.24. The fourth-order valence-corrected chi connectivity index (χ4v) is 2.24. The van der Waals surface area contributed by atoms with E-state index < -0.39 is 16.8 Å². The predicted molar refractivity (Wildman–Crippen MR) is 63.4 cm³/mol. The quantitative estimate of drug-likeness (QED) is 0.639. The van der Waals surface area contributed by atoms with Crippen molar-refractivity contribution in [1.29, 1.82) is 0 Å². The molecule has 0 saturated carbocycles. The molecule has 0 aliphatic carbocycles. The number of aliphatic carboxylic acids is 1. The molecule has 96 valence electrons. The normalized spacial score (nSPS) is 23.1. The number of anilines is 1. The summed E-state index contributed by atoms with van der Waals surface area (Å²) in [6.07, 6.45) is 1.47. The molecule has 2 heterocycles. The minimum absolute atomic E-state index is 0.0517. The van der Waals surface area contributed by atoms with Gasteiger partial charge in [0.25, 0.3) is 0 Å². The first-order valence-corrected chi connectivity index (χ1v) is 5.58. The lowest BCUT2D eigenvalue weighted by Gasteiger charge is -2.16.